The van der Waals surface area contributed by atoms with Gasteiger partial charge in [-0.3, -0.25) is 9.79 Å². The third kappa shape index (κ3) is 2.39. The van der Waals surface area contributed by atoms with Crippen LogP contribution in [0.4, 0.5) is 5.69 Å². The van der Waals surface area contributed by atoms with E-state index < -0.39 is 0 Å². The number of benzene rings is 2. The summed E-state index contributed by atoms with van der Waals surface area (Å²) in [5.74, 6) is 0.140. The Hall–Kier alpha value is -3.02. The Kier molecular flexibility index (Phi) is 3.64. The van der Waals surface area contributed by atoms with Gasteiger partial charge >= 0.3 is 0 Å². The Morgan fingerprint density at radius 1 is 1.13 bits per heavy atom. The highest BCUT2D eigenvalue weighted by atomic mass is 16.2. The summed E-state index contributed by atoms with van der Waals surface area (Å²) >= 11 is 0. The topological polar surface area (TPSA) is 63.4 Å². The van der Waals surface area contributed by atoms with Crippen molar-refractivity contribution in [1.29, 1.82) is 0 Å². The first-order valence-electron chi connectivity index (χ1n) is 11.1. The number of rotatable bonds is 1. The highest BCUT2D eigenvalue weighted by Gasteiger charge is 2.57. The smallest absolute Gasteiger partial charge is 0.254 e. The van der Waals surface area contributed by atoms with Crippen molar-refractivity contribution in [2.24, 2.45) is 17.5 Å². The Morgan fingerprint density at radius 3 is 2.81 bits per heavy atom. The maximum absolute atomic E-state index is 13.7. The molecule has 3 aliphatic rings. The summed E-state index contributed by atoms with van der Waals surface area (Å²) in [4.78, 5) is 20.2. The fourth-order valence-corrected chi connectivity index (χ4v) is 6.10. The van der Waals surface area contributed by atoms with E-state index in [-0.39, 0.29) is 22.8 Å². The van der Waals surface area contributed by atoms with E-state index in [1.807, 2.05) is 36.1 Å². The number of aromatic nitrogens is 3. The predicted molar refractivity (Wildman–Crippen MR) is 121 cm³/mol. The first-order valence-corrected chi connectivity index (χ1v) is 11.1. The van der Waals surface area contributed by atoms with Crippen LogP contribution in [-0.2, 0) is 25.3 Å². The minimum absolute atomic E-state index is 0.0144. The summed E-state index contributed by atoms with van der Waals surface area (Å²) in [6.07, 6.45) is 4.53. The third-order valence-electron chi connectivity index (χ3n) is 8.46. The molecule has 6 heteroatoms. The van der Waals surface area contributed by atoms with Crippen LogP contribution < -0.4 is 0 Å². The second kappa shape index (κ2) is 6.02. The first-order chi connectivity index (χ1) is 14.8. The molecular formula is C25H27N5O. The SMILES string of the molecule is Cn1nnc2cc3c(cc21)C[C@H]1N(C(=O)c2ccc4c(c2)CC=N4)CC[C@]3(C)C1(C)C. The number of fused-ring (bicyclic) bond motifs is 6. The van der Waals surface area contributed by atoms with E-state index in [0.717, 1.165) is 53.7 Å². The van der Waals surface area contributed by atoms with Gasteiger partial charge in [-0.05, 0) is 65.3 Å². The molecule has 6 rings (SSSR count). The molecule has 1 amide bonds. The van der Waals surface area contributed by atoms with Crippen LogP contribution in [0.25, 0.3) is 11.0 Å². The summed E-state index contributed by atoms with van der Waals surface area (Å²) in [6, 6.07) is 10.6. The van der Waals surface area contributed by atoms with E-state index >= 15 is 0 Å². The molecule has 3 heterocycles. The summed E-state index contributed by atoms with van der Waals surface area (Å²) in [5, 5.41) is 8.58. The lowest BCUT2D eigenvalue weighted by molar-refractivity contribution is -0.0261. The Balaban J connectivity index is 1.43. The molecule has 0 N–H and O–H groups in total. The quantitative estimate of drug-likeness (QED) is 0.606. The highest BCUT2D eigenvalue weighted by molar-refractivity contribution is 5.96. The number of hydrogen-bond acceptors (Lipinski definition) is 4. The van der Waals surface area contributed by atoms with Gasteiger partial charge in [-0.15, -0.1) is 5.10 Å². The van der Waals surface area contributed by atoms with Crippen LogP contribution in [0.1, 0.15) is 54.2 Å². The average Bonchev–Trinajstić information content (AvgIpc) is 3.35. The molecule has 0 saturated carbocycles. The van der Waals surface area contributed by atoms with Gasteiger partial charge < -0.3 is 4.90 Å². The normalized spacial score (nSPS) is 25.5. The second-order valence-corrected chi connectivity index (χ2v) is 10.1. The molecule has 1 aromatic heterocycles. The number of piperidine rings is 1. The molecule has 0 unspecified atom stereocenters. The number of aryl methyl sites for hydroxylation is 1. The molecule has 2 atom stereocenters. The maximum Gasteiger partial charge on any atom is 0.254 e. The van der Waals surface area contributed by atoms with Crippen LogP contribution in [0.15, 0.2) is 35.3 Å². The van der Waals surface area contributed by atoms with Crippen molar-refractivity contribution in [3.05, 3.63) is 52.6 Å². The lowest BCUT2D eigenvalue weighted by atomic mass is 9.51. The Labute approximate surface area is 182 Å². The summed E-state index contributed by atoms with van der Waals surface area (Å²) in [7, 11) is 1.93. The van der Waals surface area contributed by atoms with E-state index in [4.69, 9.17) is 0 Å². The lowest BCUT2D eigenvalue weighted by Gasteiger charge is -2.60. The van der Waals surface area contributed by atoms with Crippen LogP contribution in [0.2, 0.25) is 0 Å². The number of aliphatic imine (C=N–C) groups is 1. The summed E-state index contributed by atoms with van der Waals surface area (Å²) in [6.45, 7) is 7.80. The molecule has 2 bridgehead atoms. The summed E-state index contributed by atoms with van der Waals surface area (Å²) < 4.78 is 1.84. The predicted octanol–water partition coefficient (Wildman–Crippen LogP) is 3.98. The Bertz CT molecular complexity index is 1290. The van der Waals surface area contributed by atoms with Gasteiger partial charge in [-0.1, -0.05) is 26.0 Å². The van der Waals surface area contributed by atoms with Crippen molar-refractivity contribution in [2.75, 3.05) is 6.54 Å². The molecule has 2 aliphatic heterocycles. The van der Waals surface area contributed by atoms with Crippen LogP contribution in [0, 0.1) is 5.41 Å². The fourth-order valence-electron chi connectivity index (χ4n) is 6.10. The second-order valence-electron chi connectivity index (χ2n) is 10.1. The minimum atomic E-state index is -0.0519. The van der Waals surface area contributed by atoms with Crippen molar-refractivity contribution in [1.82, 2.24) is 19.9 Å². The van der Waals surface area contributed by atoms with Crippen LogP contribution in [0.5, 0.6) is 0 Å². The monoisotopic (exact) mass is 413 g/mol. The number of carbonyl (C=O) groups is 1. The van der Waals surface area contributed by atoms with E-state index in [1.54, 1.807) is 0 Å². The fraction of sp³-hybridized carbons (Fsp3) is 0.440. The molecule has 1 aliphatic carbocycles. The van der Waals surface area contributed by atoms with Gasteiger partial charge in [-0.25, -0.2) is 4.68 Å². The van der Waals surface area contributed by atoms with E-state index in [1.165, 1.54) is 11.1 Å². The number of carbonyl (C=O) groups excluding carboxylic acids is 1. The van der Waals surface area contributed by atoms with Gasteiger partial charge in [0.05, 0.1) is 11.2 Å². The molecule has 3 aromatic rings. The molecule has 6 nitrogen and oxygen atoms in total. The molecule has 0 spiro atoms. The molecule has 1 fully saturated rings. The molecule has 158 valence electrons. The zero-order valence-corrected chi connectivity index (χ0v) is 18.5. The molecule has 2 aromatic carbocycles. The van der Waals surface area contributed by atoms with Gasteiger partial charge in [0.2, 0.25) is 0 Å². The van der Waals surface area contributed by atoms with Crippen molar-refractivity contribution in [3.63, 3.8) is 0 Å². The molecular weight excluding hydrogens is 386 g/mol. The van der Waals surface area contributed by atoms with Gasteiger partial charge in [0.25, 0.3) is 5.91 Å². The van der Waals surface area contributed by atoms with Gasteiger partial charge in [0, 0.05) is 43.2 Å². The molecule has 1 saturated heterocycles. The van der Waals surface area contributed by atoms with Crippen molar-refractivity contribution in [3.8, 4) is 0 Å². The average molecular weight is 414 g/mol. The standard InChI is InChI=1S/C25H27N5O/c1-24(2)22-13-17-12-21-20(27-28-29(21)4)14-18(17)25(24,3)8-10-30(22)23(31)16-5-6-19-15(11-16)7-9-26-19/h5-6,9,11-12,14,22H,7-8,10,13H2,1-4H3/t22-,25+/m1/s1. The molecule has 0 radical (unpaired) electrons. The lowest BCUT2D eigenvalue weighted by Crippen LogP contribution is -2.64. The molecule has 31 heavy (non-hydrogen) atoms. The van der Waals surface area contributed by atoms with Gasteiger partial charge in [-0.2, -0.15) is 0 Å². The summed E-state index contributed by atoms with van der Waals surface area (Å²) in [5.41, 5.74) is 7.56. The van der Waals surface area contributed by atoms with E-state index in [0.29, 0.717) is 0 Å². The van der Waals surface area contributed by atoms with E-state index in [2.05, 4.69) is 53.1 Å². The van der Waals surface area contributed by atoms with Crippen molar-refractivity contribution >= 4 is 28.8 Å². The highest BCUT2D eigenvalue weighted by Crippen LogP contribution is 2.56. The van der Waals surface area contributed by atoms with Crippen LogP contribution in [-0.4, -0.2) is 44.6 Å². The van der Waals surface area contributed by atoms with Gasteiger partial charge in [0.1, 0.15) is 5.52 Å². The van der Waals surface area contributed by atoms with Gasteiger partial charge in [0.15, 0.2) is 0 Å². The van der Waals surface area contributed by atoms with Crippen molar-refractivity contribution < 1.29 is 4.79 Å². The number of nitrogens with zero attached hydrogens (tertiary/aromatic N) is 5. The maximum atomic E-state index is 13.7. The van der Waals surface area contributed by atoms with Crippen molar-refractivity contribution in [2.45, 2.75) is 51.5 Å². The van der Waals surface area contributed by atoms with Crippen LogP contribution in [0.3, 0.4) is 0 Å². The van der Waals surface area contributed by atoms with Crippen LogP contribution >= 0.6 is 0 Å². The number of amides is 1. The largest absolute Gasteiger partial charge is 0.335 e. The number of hydrogen-bond donors (Lipinski definition) is 0. The van der Waals surface area contributed by atoms with E-state index in [9.17, 15) is 4.79 Å². The minimum Gasteiger partial charge on any atom is -0.335 e. The zero-order valence-electron chi connectivity index (χ0n) is 18.5. The first kappa shape index (κ1) is 18.7. The third-order valence-corrected chi connectivity index (χ3v) is 8.46. The number of likely N-dealkylation sites (tertiary alicyclic amines) is 1. The Morgan fingerprint density at radius 2 is 1.97 bits per heavy atom. The zero-order chi connectivity index (χ0) is 21.5.